The first kappa shape index (κ1) is 9.71. The molecule has 1 rings (SSSR count). The van der Waals surface area contributed by atoms with E-state index in [1.165, 1.54) is 7.11 Å². The van der Waals surface area contributed by atoms with Crippen LogP contribution in [-0.4, -0.2) is 18.1 Å². The van der Waals surface area contributed by atoms with Gasteiger partial charge < -0.3 is 4.74 Å². The number of hydrogen-bond donors (Lipinski definition) is 0. The number of nitrogens with zero attached hydrogens (tertiary/aromatic N) is 1. The summed E-state index contributed by atoms with van der Waals surface area (Å²) >= 11 is 0. The summed E-state index contributed by atoms with van der Waals surface area (Å²) in [5.74, 6) is -0.539. The van der Waals surface area contributed by atoms with Crippen molar-refractivity contribution in [3.8, 4) is 0 Å². The van der Waals surface area contributed by atoms with Crippen LogP contribution in [0.25, 0.3) is 0 Å². The number of hydrogen-bond acceptors (Lipinski definition) is 3. The Hall–Kier alpha value is -1.38. The second-order valence-electron chi connectivity index (χ2n) is 2.95. The van der Waals surface area contributed by atoms with Gasteiger partial charge in [0.05, 0.1) is 18.7 Å². The zero-order valence-corrected chi connectivity index (χ0v) is 8.07. The van der Waals surface area contributed by atoms with Crippen LogP contribution in [-0.2, 0) is 9.53 Å². The summed E-state index contributed by atoms with van der Waals surface area (Å²) in [5, 5.41) is 0. The van der Waals surface area contributed by atoms with E-state index in [1.54, 1.807) is 6.92 Å². The molecule has 0 spiro atoms. The number of esters is 1. The van der Waals surface area contributed by atoms with Gasteiger partial charge in [0.2, 0.25) is 0 Å². The lowest BCUT2D eigenvalue weighted by Gasteiger charge is -2.08. The van der Waals surface area contributed by atoms with Gasteiger partial charge in [0.15, 0.2) is 0 Å². The lowest BCUT2D eigenvalue weighted by Crippen LogP contribution is -2.12. The molecule has 0 N–H and O–H groups in total. The molecule has 0 bridgehead atoms. The summed E-state index contributed by atoms with van der Waals surface area (Å²) in [6.07, 6.45) is 0. The van der Waals surface area contributed by atoms with E-state index in [-0.39, 0.29) is 11.9 Å². The summed E-state index contributed by atoms with van der Waals surface area (Å²) in [7, 11) is 1.38. The van der Waals surface area contributed by atoms with Crippen molar-refractivity contribution in [2.24, 2.45) is 0 Å². The van der Waals surface area contributed by atoms with Gasteiger partial charge in [-0.25, -0.2) is 0 Å². The minimum atomic E-state index is -0.287. The van der Waals surface area contributed by atoms with E-state index in [0.717, 1.165) is 11.4 Å². The number of aromatic nitrogens is 1. The molecule has 0 saturated heterocycles. The average molecular weight is 179 g/mol. The van der Waals surface area contributed by atoms with Gasteiger partial charge in [-0.1, -0.05) is 6.07 Å². The highest BCUT2D eigenvalue weighted by Gasteiger charge is 2.16. The van der Waals surface area contributed by atoms with Crippen LogP contribution in [0, 0.1) is 6.92 Å². The van der Waals surface area contributed by atoms with E-state index < -0.39 is 0 Å². The third-order valence-corrected chi connectivity index (χ3v) is 1.91. The molecule has 0 amide bonds. The summed E-state index contributed by atoms with van der Waals surface area (Å²) < 4.78 is 4.63. The van der Waals surface area contributed by atoms with Crippen molar-refractivity contribution in [3.05, 3.63) is 29.6 Å². The van der Waals surface area contributed by atoms with E-state index in [2.05, 4.69) is 9.72 Å². The largest absolute Gasteiger partial charge is 0.469 e. The average Bonchev–Trinajstić information content (AvgIpc) is 2.15. The zero-order chi connectivity index (χ0) is 9.84. The van der Waals surface area contributed by atoms with E-state index in [0.29, 0.717) is 0 Å². The Morgan fingerprint density at radius 3 is 2.77 bits per heavy atom. The molecule has 1 atom stereocenters. The highest BCUT2D eigenvalue weighted by Crippen LogP contribution is 2.13. The van der Waals surface area contributed by atoms with E-state index in [9.17, 15) is 4.79 Å². The van der Waals surface area contributed by atoms with E-state index >= 15 is 0 Å². The number of carbonyl (C=O) groups is 1. The maximum Gasteiger partial charge on any atom is 0.314 e. The first-order chi connectivity index (χ1) is 6.15. The van der Waals surface area contributed by atoms with Gasteiger partial charge in [-0.15, -0.1) is 0 Å². The van der Waals surface area contributed by atoms with Gasteiger partial charge in [0.25, 0.3) is 0 Å². The highest BCUT2D eigenvalue weighted by atomic mass is 16.5. The zero-order valence-electron chi connectivity index (χ0n) is 8.07. The monoisotopic (exact) mass is 179 g/mol. The van der Waals surface area contributed by atoms with Gasteiger partial charge in [0.1, 0.15) is 0 Å². The van der Waals surface area contributed by atoms with Crippen molar-refractivity contribution in [1.29, 1.82) is 0 Å². The Labute approximate surface area is 77.8 Å². The summed E-state index contributed by atoms with van der Waals surface area (Å²) in [4.78, 5) is 15.4. The first-order valence-electron chi connectivity index (χ1n) is 4.16. The van der Waals surface area contributed by atoms with Crippen molar-refractivity contribution in [2.45, 2.75) is 19.8 Å². The summed E-state index contributed by atoms with van der Waals surface area (Å²) in [5.41, 5.74) is 1.67. The van der Waals surface area contributed by atoms with Crippen LogP contribution in [0.5, 0.6) is 0 Å². The normalized spacial score (nSPS) is 12.2. The molecule has 0 saturated carbocycles. The molecule has 70 valence electrons. The van der Waals surface area contributed by atoms with Crippen molar-refractivity contribution in [1.82, 2.24) is 4.98 Å². The third-order valence-electron chi connectivity index (χ3n) is 1.91. The third kappa shape index (κ3) is 2.28. The molecule has 0 aliphatic rings. The minimum absolute atomic E-state index is 0.252. The van der Waals surface area contributed by atoms with Crippen LogP contribution in [0.4, 0.5) is 0 Å². The van der Waals surface area contributed by atoms with E-state index in [4.69, 9.17) is 0 Å². The fraction of sp³-hybridized carbons (Fsp3) is 0.400. The van der Waals surface area contributed by atoms with Crippen molar-refractivity contribution in [3.63, 3.8) is 0 Å². The minimum Gasteiger partial charge on any atom is -0.469 e. The molecule has 1 heterocycles. The topological polar surface area (TPSA) is 39.2 Å². The lowest BCUT2D eigenvalue weighted by molar-refractivity contribution is -0.142. The molecule has 13 heavy (non-hydrogen) atoms. The van der Waals surface area contributed by atoms with Crippen molar-refractivity contribution in [2.75, 3.05) is 7.11 Å². The smallest absolute Gasteiger partial charge is 0.314 e. The number of rotatable bonds is 2. The fourth-order valence-corrected chi connectivity index (χ4v) is 1.10. The van der Waals surface area contributed by atoms with Gasteiger partial charge in [-0.3, -0.25) is 9.78 Å². The molecular weight excluding hydrogens is 166 g/mol. The molecule has 3 nitrogen and oxygen atoms in total. The second kappa shape index (κ2) is 4.03. The van der Waals surface area contributed by atoms with Crippen molar-refractivity contribution >= 4 is 5.97 Å². The molecule has 0 radical (unpaired) electrons. The Morgan fingerprint density at radius 2 is 2.23 bits per heavy atom. The number of methoxy groups -OCH3 is 1. The van der Waals surface area contributed by atoms with Gasteiger partial charge in [-0.05, 0) is 26.0 Å². The maximum absolute atomic E-state index is 11.2. The summed E-state index contributed by atoms with van der Waals surface area (Å²) in [6.45, 7) is 3.68. The standard InChI is InChI=1S/C10H13NO2/c1-7-5-4-6-9(11-7)8(2)10(12)13-3/h4-6,8H,1-3H3. The van der Waals surface area contributed by atoms with Crippen LogP contribution >= 0.6 is 0 Å². The van der Waals surface area contributed by atoms with Gasteiger partial charge >= 0.3 is 5.97 Å². The molecule has 1 aromatic rings. The van der Waals surface area contributed by atoms with Crippen LogP contribution in [0.2, 0.25) is 0 Å². The molecule has 0 aromatic carbocycles. The van der Waals surface area contributed by atoms with Gasteiger partial charge in [0, 0.05) is 5.69 Å². The molecule has 1 unspecified atom stereocenters. The van der Waals surface area contributed by atoms with Gasteiger partial charge in [-0.2, -0.15) is 0 Å². The predicted molar refractivity (Wildman–Crippen MR) is 49.4 cm³/mol. The molecule has 3 heteroatoms. The Bertz CT molecular complexity index is 310. The molecular formula is C10H13NO2. The number of aryl methyl sites for hydroxylation is 1. The van der Waals surface area contributed by atoms with E-state index in [1.807, 2.05) is 25.1 Å². The summed E-state index contributed by atoms with van der Waals surface area (Å²) in [6, 6.07) is 5.61. The Kier molecular flexibility index (Phi) is 3.01. The SMILES string of the molecule is COC(=O)C(C)c1cccc(C)n1. The number of pyridine rings is 1. The van der Waals surface area contributed by atoms with Crippen molar-refractivity contribution < 1.29 is 9.53 Å². The highest BCUT2D eigenvalue weighted by molar-refractivity contribution is 5.76. The molecule has 0 aliphatic heterocycles. The quantitative estimate of drug-likeness (QED) is 0.648. The first-order valence-corrected chi connectivity index (χ1v) is 4.16. The van der Waals surface area contributed by atoms with Crippen LogP contribution < -0.4 is 0 Å². The molecule has 0 aliphatic carbocycles. The van der Waals surface area contributed by atoms with Crippen LogP contribution in [0.1, 0.15) is 24.2 Å². The lowest BCUT2D eigenvalue weighted by atomic mass is 10.1. The molecule has 0 fully saturated rings. The number of carbonyl (C=O) groups excluding carboxylic acids is 1. The fourth-order valence-electron chi connectivity index (χ4n) is 1.10. The second-order valence-corrected chi connectivity index (χ2v) is 2.95. The van der Waals surface area contributed by atoms with Crippen LogP contribution in [0.3, 0.4) is 0 Å². The van der Waals surface area contributed by atoms with Crippen LogP contribution in [0.15, 0.2) is 18.2 Å². The Morgan fingerprint density at radius 1 is 1.54 bits per heavy atom. The molecule has 1 aromatic heterocycles. The number of ether oxygens (including phenoxy) is 1. The Balaban J connectivity index is 2.88. The maximum atomic E-state index is 11.2. The predicted octanol–water partition coefficient (Wildman–Crippen LogP) is 1.67.